The van der Waals surface area contributed by atoms with Gasteiger partial charge in [-0.2, -0.15) is 0 Å². The van der Waals surface area contributed by atoms with Gasteiger partial charge >= 0.3 is 0 Å². The van der Waals surface area contributed by atoms with Crippen LogP contribution in [0.3, 0.4) is 0 Å². The summed E-state index contributed by atoms with van der Waals surface area (Å²) in [6, 6.07) is 9.93. The van der Waals surface area contributed by atoms with Crippen LogP contribution in [0.25, 0.3) is 21.8 Å². The van der Waals surface area contributed by atoms with Crippen LogP contribution in [0, 0.1) is 6.92 Å². The Morgan fingerprint density at radius 3 is 2.08 bits per heavy atom. The Kier molecular flexibility index (Phi) is 3.73. The average Bonchev–Trinajstić information content (AvgIpc) is 3.04. The van der Waals surface area contributed by atoms with Crippen LogP contribution in [-0.4, -0.2) is 30.0 Å². The van der Waals surface area contributed by atoms with E-state index in [0.717, 1.165) is 27.5 Å². The molecule has 24 heavy (non-hydrogen) atoms. The van der Waals surface area contributed by atoms with Crippen molar-refractivity contribution >= 4 is 21.8 Å². The van der Waals surface area contributed by atoms with Crippen LogP contribution in [0.15, 0.2) is 42.6 Å². The predicted molar refractivity (Wildman–Crippen MR) is 92.6 cm³/mol. The zero-order valence-electron chi connectivity index (χ0n) is 13.3. The van der Waals surface area contributed by atoms with Crippen molar-refractivity contribution in [1.82, 2.24) is 9.55 Å². The molecule has 0 fully saturated rings. The normalized spacial score (nSPS) is 10.8. The first-order chi connectivity index (χ1) is 11.3. The number of aromatic amines is 1. The van der Waals surface area contributed by atoms with Gasteiger partial charge in [0, 0.05) is 47.4 Å². The number of aromatic hydroxyl groups is 4. The number of nitrogens with zero attached hydrogens (tertiary/aromatic N) is 1. The molecule has 0 atom stereocenters. The maximum Gasteiger partial charge on any atom is 0.159 e. The molecule has 2 aromatic carbocycles. The highest BCUT2D eigenvalue weighted by Gasteiger charge is 2.04. The van der Waals surface area contributed by atoms with E-state index in [-0.39, 0.29) is 23.0 Å². The Hall–Kier alpha value is -3.28. The molecule has 2 aromatic heterocycles. The maximum atomic E-state index is 9.20. The second-order valence-electron chi connectivity index (χ2n) is 5.71. The molecule has 0 aliphatic heterocycles. The summed E-state index contributed by atoms with van der Waals surface area (Å²) in [6.07, 6.45) is 1.88. The summed E-state index contributed by atoms with van der Waals surface area (Å²) in [4.78, 5) is 3.06. The van der Waals surface area contributed by atoms with Crippen LogP contribution in [-0.2, 0) is 7.05 Å². The number of aryl methyl sites for hydroxylation is 2. The summed E-state index contributed by atoms with van der Waals surface area (Å²) in [7, 11) is 1.89. The average molecular weight is 326 g/mol. The van der Waals surface area contributed by atoms with Crippen molar-refractivity contribution in [3.05, 3.63) is 48.3 Å². The van der Waals surface area contributed by atoms with Crippen molar-refractivity contribution in [3.8, 4) is 23.0 Å². The van der Waals surface area contributed by atoms with E-state index in [1.54, 1.807) is 12.1 Å². The van der Waals surface area contributed by atoms with Gasteiger partial charge in [0.15, 0.2) is 23.0 Å². The molecule has 0 spiro atoms. The zero-order valence-corrected chi connectivity index (χ0v) is 13.3. The monoisotopic (exact) mass is 326 g/mol. The van der Waals surface area contributed by atoms with Crippen molar-refractivity contribution in [3.63, 3.8) is 0 Å². The number of phenols is 4. The fraction of sp³-hybridized carbons (Fsp3) is 0.111. The summed E-state index contributed by atoms with van der Waals surface area (Å²) in [6.45, 7) is 1.92. The van der Waals surface area contributed by atoms with Crippen LogP contribution in [0.2, 0.25) is 0 Å². The molecule has 0 amide bonds. The van der Waals surface area contributed by atoms with Gasteiger partial charge < -0.3 is 30.0 Å². The number of aromatic nitrogens is 2. The first-order valence-corrected chi connectivity index (χ1v) is 7.33. The van der Waals surface area contributed by atoms with E-state index < -0.39 is 0 Å². The third-order valence-electron chi connectivity index (χ3n) is 3.83. The van der Waals surface area contributed by atoms with Gasteiger partial charge in [-0.25, -0.2) is 0 Å². The third-order valence-corrected chi connectivity index (χ3v) is 3.83. The predicted octanol–water partition coefficient (Wildman–Crippen LogP) is 3.48. The highest BCUT2D eigenvalue weighted by atomic mass is 16.3. The molecule has 4 rings (SSSR count). The van der Waals surface area contributed by atoms with Crippen LogP contribution >= 0.6 is 0 Å². The number of nitrogens with one attached hydrogen (secondary N) is 1. The Balaban J connectivity index is 0.000000141. The summed E-state index contributed by atoms with van der Waals surface area (Å²) >= 11 is 0. The minimum absolute atomic E-state index is 0.0753. The Morgan fingerprint density at radius 2 is 1.38 bits per heavy atom. The number of hydrogen-bond acceptors (Lipinski definition) is 4. The standard InChI is InChI=1S/2C9H9NO2/c1-5-2-6-3-8(11)9(12)4-7(6)10-5;1-10-3-2-6-4-8(11)9(12)5-7(6)10/h2-4,10-12H,1H3;2-5,11-12H,1H3. The van der Waals surface area contributed by atoms with Gasteiger partial charge in [-0.1, -0.05) is 0 Å². The maximum absolute atomic E-state index is 9.20. The van der Waals surface area contributed by atoms with E-state index in [2.05, 4.69) is 4.98 Å². The van der Waals surface area contributed by atoms with Crippen molar-refractivity contribution in [2.45, 2.75) is 6.92 Å². The largest absolute Gasteiger partial charge is 0.504 e. The lowest BCUT2D eigenvalue weighted by Gasteiger charge is -1.99. The molecule has 2 heterocycles. The molecular weight excluding hydrogens is 308 g/mol. The third kappa shape index (κ3) is 2.81. The second kappa shape index (κ2) is 5.73. The van der Waals surface area contributed by atoms with Gasteiger partial charge in [-0.15, -0.1) is 0 Å². The van der Waals surface area contributed by atoms with Gasteiger partial charge in [0.2, 0.25) is 0 Å². The summed E-state index contributed by atoms with van der Waals surface area (Å²) in [5.41, 5.74) is 2.75. The van der Waals surface area contributed by atoms with Crippen molar-refractivity contribution in [2.24, 2.45) is 7.05 Å². The highest BCUT2D eigenvalue weighted by Crippen LogP contribution is 2.30. The van der Waals surface area contributed by atoms with Crippen molar-refractivity contribution in [2.75, 3.05) is 0 Å². The number of rotatable bonds is 0. The molecule has 0 aliphatic rings. The summed E-state index contributed by atoms with van der Waals surface area (Å²) in [5.74, 6) is -0.330. The van der Waals surface area contributed by atoms with E-state index >= 15 is 0 Å². The number of phenolic OH excluding ortho intramolecular Hbond substituents is 4. The first kappa shape index (κ1) is 15.6. The molecule has 0 radical (unpaired) electrons. The Morgan fingerprint density at radius 1 is 0.792 bits per heavy atom. The van der Waals surface area contributed by atoms with E-state index in [4.69, 9.17) is 15.3 Å². The zero-order chi connectivity index (χ0) is 17.4. The minimum atomic E-state index is -0.0932. The van der Waals surface area contributed by atoms with Crippen LogP contribution in [0.4, 0.5) is 0 Å². The van der Waals surface area contributed by atoms with E-state index in [0.29, 0.717) is 0 Å². The number of benzene rings is 2. The molecule has 0 bridgehead atoms. The SMILES string of the molecule is Cc1cc2cc(O)c(O)cc2[nH]1.Cn1ccc2cc(O)c(O)cc21. The smallest absolute Gasteiger partial charge is 0.159 e. The molecule has 6 nitrogen and oxygen atoms in total. The molecule has 0 saturated carbocycles. The molecule has 124 valence electrons. The second-order valence-corrected chi connectivity index (χ2v) is 5.71. The van der Waals surface area contributed by atoms with E-state index in [1.165, 1.54) is 12.1 Å². The Bertz CT molecular complexity index is 979. The molecule has 6 heteroatoms. The minimum Gasteiger partial charge on any atom is -0.504 e. The van der Waals surface area contributed by atoms with Crippen LogP contribution in [0.5, 0.6) is 23.0 Å². The molecule has 0 saturated heterocycles. The van der Waals surface area contributed by atoms with Gasteiger partial charge in [0.05, 0.1) is 5.52 Å². The Labute approximate surface area is 137 Å². The summed E-state index contributed by atoms with van der Waals surface area (Å²) in [5, 5.41) is 38.5. The van der Waals surface area contributed by atoms with Crippen LogP contribution < -0.4 is 0 Å². The topological polar surface area (TPSA) is 102 Å². The molecule has 0 aliphatic carbocycles. The number of fused-ring (bicyclic) bond motifs is 2. The summed E-state index contributed by atoms with van der Waals surface area (Å²) < 4.78 is 1.88. The molecular formula is C18H18N2O4. The quantitative estimate of drug-likeness (QED) is 0.319. The fourth-order valence-electron chi connectivity index (χ4n) is 2.60. The number of hydrogen-bond donors (Lipinski definition) is 5. The van der Waals surface area contributed by atoms with Crippen molar-refractivity contribution < 1.29 is 20.4 Å². The van der Waals surface area contributed by atoms with Crippen LogP contribution in [0.1, 0.15) is 5.69 Å². The van der Waals surface area contributed by atoms with E-state index in [1.807, 2.05) is 36.9 Å². The molecule has 5 N–H and O–H groups in total. The van der Waals surface area contributed by atoms with Gasteiger partial charge in [-0.3, -0.25) is 0 Å². The lowest BCUT2D eigenvalue weighted by Crippen LogP contribution is -1.82. The van der Waals surface area contributed by atoms with Gasteiger partial charge in [-0.05, 0) is 31.2 Å². The fourth-order valence-corrected chi connectivity index (χ4v) is 2.60. The molecule has 4 aromatic rings. The lowest BCUT2D eigenvalue weighted by molar-refractivity contribution is 0.404. The van der Waals surface area contributed by atoms with Crippen molar-refractivity contribution in [1.29, 1.82) is 0 Å². The highest BCUT2D eigenvalue weighted by molar-refractivity contribution is 5.84. The van der Waals surface area contributed by atoms with E-state index in [9.17, 15) is 5.11 Å². The number of H-pyrrole nitrogens is 1. The van der Waals surface area contributed by atoms with Gasteiger partial charge in [0.25, 0.3) is 0 Å². The lowest BCUT2D eigenvalue weighted by atomic mass is 10.2. The van der Waals surface area contributed by atoms with Gasteiger partial charge in [0.1, 0.15) is 0 Å². The first-order valence-electron chi connectivity index (χ1n) is 7.33. The molecule has 0 unspecified atom stereocenters.